The molecule has 1 atom stereocenters. The molecule has 0 amide bonds. The Morgan fingerprint density at radius 1 is 1.50 bits per heavy atom. The summed E-state index contributed by atoms with van der Waals surface area (Å²) in [7, 11) is 2.73. The second kappa shape index (κ2) is 7.45. The number of benzene rings is 1. The van der Waals surface area contributed by atoms with Crippen LogP contribution >= 0.6 is 28.3 Å². The van der Waals surface area contributed by atoms with Gasteiger partial charge in [0, 0.05) is 16.1 Å². The molecule has 0 radical (unpaired) electrons. The van der Waals surface area contributed by atoms with Gasteiger partial charge in [-0.2, -0.15) is 0 Å². The summed E-state index contributed by atoms with van der Waals surface area (Å²) in [4.78, 5) is 11.1. The summed E-state index contributed by atoms with van der Waals surface area (Å²) >= 11 is 3.28. The van der Waals surface area contributed by atoms with E-state index in [1.54, 1.807) is 12.1 Å². The first-order chi connectivity index (χ1) is 8.01. The quantitative estimate of drug-likeness (QED) is 0.821. The first-order valence-electron chi connectivity index (χ1n) is 4.89. The van der Waals surface area contributed by atoms with Gasteiger partial charge in [-0.25, -0.2) is 0 Å². The number of rotatable bonds is 4. The lowest BCUT2D eigenvalue weighted by atomic mass is 10.0. The smallest absolute Gasteiger partial charge is 0.307 e. The van der Waals surface area contributed by atoms with Crippen LogP contribution in [0.4, 0.5) is 0 Å². The number of ether oxygens (including phenoxy) is 2. The molecule has 0 aliphatic carbocycles. The summed E-state index contributed by atoms with van der Waals surface area (Å²) in [5.41, 5.74) is 6.28. The van der Waals surface area contributed by atoms with Gasteiger partial charge in [-0.1, -0.05) is 15.9 Å². The lowest BCUT2D eigenvalue weighted by molar-refractivity contribution is -0.141. The highest BCUT2D eigenvalue weighted by Gasteiger charge is 2.20. The van der Waals surface area contributed by atoms with Crippen LogP contribution in [0, 0.1) is 0 Å². The molecule has 0 aliphatic rings. The number of halogens is 2. The molecule has 1 rings (SSSR count). The molecular weight excluding hydrogens is 325 g/mol. The van der Waals surface area contributed by atoms with Crippen LogP contribution < -0.4 is 10.5 Å². The fourth-order valence-corrected chi connectivity index (χ4v) is 2.06. The van der Waals surface area contributed by atoms with E-state index in [1.807, 2.05) is 0 Å². The number of phenolic OH excluding ortho intramolecular Hbond substituents is 1. The number of esters is 1. The van der Waals surface area contributed by atoms with Crippen LogP contribution in [0.3, 0.4) is 0 Å². The van der Waals surface area contributed by atoms with Crippen molar-refractivity contribution < 1.29 is 19.4 Å². The maximum absolute atomic E-state index is 11.1. The Hall–Kier alpha value is -0.980. The second-order valence-corrected chi connectivity index (χ2v) is 4.25. The predicted molar refractivity (Wildman–Crippen MR) is 73.2 cm³/mol. The maximum atomic E-state index is 11.1. The van der Waals surface area contributed by atoms with Gasteiger partial charge in [-0.05, 0) is 12.1 Å². The fourth-order valence-electron chi connectivity index (χ4n) is 1.45. The summed E-state index contributed by atoms with van der Waals surface area (Å²) in [6, 6.07) is 2.64. The first-order valence-corrected chi connectivity index (χ1v) is 5.68. The van der Waals surface area contributed by atoms with Gasteiger partial charge < -0.3 is 20.3 Å². The van der Waals surface area contributed by atoms with E-state index in [4.69, 9.17) is 10.5 Å². The molecule has 18 heavy (non-hydrogen) atoms. The van der Waals surface area contributed by atoms with E-state index in [0.29, 0.717) is 15.8 Å². The molecule has 5 nitrogen and oxygen atoms in total. The van der Waals surface area contributed by atoms with E-state index in [9.17, 15) is 9.90 Å². The molecule has 1 aromatic rings. The van der Waals surface area contributed by atoms with E-state index in [2.05, 4.69) is 20.7 Å². The van der Waals surface area contributed by atoms with Crippen LogP contribution in [-0.4, -0.2) is 25.3 Å². The molecule has 102 valence electrons. The Morgan fingerprint density at radius 2 is 2.11 bits per heavy atom. The van der Waals surface area contributed by atoms with Crippen molar-refractivity contribution in [2.75, 3.05) is 14.2 Å². The van der Waals surface area contributed by atoms with Crippen molar-refractivity contribution in [2.24, 2.45) is 5.73 Å². The summed E-state index contributed by atoms with van der Waals surface area (Å²) in [5.74, 6) is -0.201. The lowest BCUT2D eigenvalue weighted by Gasteiger charge is -2.16. The van der Waals surface area contributed by atoms with Crippen molar-refractivity contribution >= 4 is 34.3 Å². The molecule has 0 aliphatic heterocycles. The Morgan fingerprint density at radius 3 is 2.61 bits per heavy atom. The Balaban J connectivity index is 0.00000289. The third kappa shape index (κ3) is 3.76. The van der Waals surface area contributed by atoms with Crippen molar-refractivity contribution in [3.05, 3.63) is 22.2 Å². The second-order valence-electron chi connectivity index (χ2n) is 3.40. The number of carbonyl (C=O) groups excluding carboxylic acids is 1. The van der Waals surface area contributed by atoms with Crippen molar-refractivity contribution in [1.29, 1.82) is 0 Å². The molecular formula is C11H15BrClNO4. The molecule has 1 aromatic carbocycles. The van der Waals surface area contributed by atoms with Crippen molar-refractivity contribution in [3.63, 3.8) is 0 Å². The standard InChI is InChI=1S/C11H14BrNO4.ClH/c1-16-8-4-3-6(12)10(11(8)15)7(13)5-9(14)17-2;/h3-4,7,15H,5,13H2,1-2H3;1H/t7-;/m1./s1. The number of hydrogen-bond donors (Lipinski definition) is 2. The van der Waals surface area contributed by atoms with Crippen molar-refractivity contribution in [1.82, 2.24) is 0 Å². The minimum absolute atomic E-state index is 0. The first kappa shape index (κ1) is 17.0. The highest BCUT2D eigenvalue weighted by molar-refractivity contribution is 9.10. The largest absolute Gasteiger partial charge is 0.504 e. The summed E-state index contributed by atoms with van der Waals surface area (Å²) in [6.07, 6.45) is -0.0180. The van der Waals surface area contributed by atoms with Crippen LogP contribution in [0.5, 0.6) is 11.5 Å². The van der Waals surface area contributed by atoms with Crippen molar-refractivity contribution in [2.45, 2.75) is 12.5 Å². The Kier molecular flexibility index (Phi) is 7.05. The van der Waals surface area contributed by atoms with E-state index in [1.165, 1.54) is 14.2 Å². The topological polar surface area (TPSA) is 81.8 Å². The molecule has 0 spiro atoms. The average molecular weight is 341 g/mol. The molecule has 0 unspecified atom stereocenters. The number of methoxy groups -OCH3 is 2. The monoisotopic (exact) mass is 339 g/mol. The zero-order valence-electron chi connectivity index (χ0n) is 9.97. The number of aromatic hydroxyl groups is 1. The molecule has 7 heteroatoms. The van der Waals surface area contributed by atoms with E-state index >= 15 is 0 Å². The Bertz CT molecular complexity index is 428. The minimum Gasteiger partial charge on any atom is -0.504 e. The van der Waals surface area contributed by atoms with Crippen LogP contribution in [0.25, 0.3) is 0 Å². The number of hydrogen-bond acceptors (Lipinski definition) is 5. The molecule has 0 saturated heterocycles. The maximum Gasteiger partial charge on any atom is 0.307 e. The van der Waals surface area contributed by atoms with Gasteiger partial charge in [-0.3, -0.25) is 4.79 Å². The van der Waals surface area contributed by atoms with Crippen LogP contribution in [0.1, 0.15) is 18.0 Å². The minimum atomic E-state index is -0.660. The summed E-state index contributed by atoms with van der Waals surface area (Å²) in [6.45, 7) is 0. The zero-order valence-corrected chi connectivity index (χ0v) is 12.4. The van der Waals surface area contributed by atoms with Gasteiger partial charge >= 0.3 is 5.97 Å². The van der Waals surface area contributed by atoms with Gasteiger partial charge in [0.1, 0.15) is 0 Å². The molecule has 0 heterocycles. The number of phenols is 1. The molecule has 0 aromatic heterocycles. The molecule has 0 fully saturated rings. The van der Waals surface area contributed by atoms with Crippen LogP contribution in [0.2, 0.25) is 0 Å². The van der Waals surface area contributed by atoms with Gasteiger partial charge in [-0.15, -0.1) is 12.4 Å². The molecule has 0 bridgehead atoms. The van der Waals surface area contributed by atoms with E-state index in [-0.39, 0.29) is 24.6 Å². The van der Waals surface area contributed by atoms with Gasteiger partial charge in [0.15, 0.2) is 11.5 Å². The SMILES string of the molecule is COC(=O)C[C@@H](N)c1c(Br)ccc(OC)c1O.Cl. The summed E-state index contributed by atoms with van der Waals surface area (Å²) < 4.78 is 10.1. The average Bonchev–Trinajstić information content (AvgIpc) is 2.29. The highest BCUT2D eigenvalue weighted by Crippen LogP contribution is 2.39. The van der Waals surface area contributed by atoms with Gasteiger partial charge in [0.05, 0.1) is 20.6 Å². The number of nitrogens with two attached hydrogens (primary N) is 1. The van der Waals surface area contributed by atoms with E-state index < -0.39 is 12.0 Å². The van der Waals surface area contributed by atoms with Crippen LogP contribution in [0.15, 0.2) is 16.6 Å². The lowest BCUT2D eigenvalue weighted by Crippen LogP contribution is -2.17. The Labute approximate surface area is 120 Å². The third-order valence-corrected chi connectivity index (χ3v) is 3.02. The highest BCUT2D eigenvalue weighted by atomic mass is 79.9. The van der Waals surface area contributed by atoms with Crippen molar-refractivity contribution in [3.8, 4) is 11.5 Å². The molecule has 0 saturated carbocycles. The normalized spacial score (nSPS) is 11.3. The van der Waals surface area contributed by atoms with Gasteiger partial charge in [0.25, 0.3) is 0 Å². The summed E-state index contributed by atoms with van der Waals surface area (Å²) in [5, 5.41) is 9.94. The van der Waals surface area contributed by atoms with Crippen LogP contribution in [-0.2, 0) is 9.53 Å². The molecule has 3 N–H and O–H groups in total. The zero-order chi connectivity index (χ0) is 13.0. The van der Waals surface area contributed by atoms with E-state index in [0.717, 1.165) is 0 Å². The van der Waals surface area contributed by atoms with Gasteiger partial charge in [0.2, 0.25) is 0 Å². The number of carbonyl (C=O) groups is 1. The third-order valence-electron chi connectivity index (χ3n) is 2.33. The predicted octanol–water partition coefficient (Wildman–Crippen LogP) is 2.15. The fraction of sp³-hybridized carbons (Fsp3) is 0.364.